The fourth-order valence-corrected chi connectivity index (χ4v) is 6.07. The number of aromatic nitrogens is 2. The number of fused-ring (bicyclic) bond motifs is 1. The number of alkyl halides is 3. The summed E-state index contributed by atoms with van der Waals surface area (Å²) in [6.07, 6.45) is -6.03. The van der Waals surface area contributed by atoms with Crippen LogP contribution in [0.1, 0.15) is 16.7 Å². The topological polar surface area (TPSA) is 106 Å². The van der Waals surface area contributed by atoms with Gasteiger partial charge in [-0.25, -0.2) is 22.2 Å². The van der Waals surface area contributed by atoms with Gasteiger partial charge in [-0.3, -0.25) is 9.59 Å². The van der Waals surface area contributed by atoms with Crippen LogP contribution in [0.3, 0.4) is 0 Å². The van der Waals surface area contributed by atoms with E-state index in [1.807, 2.05) is 0 Å². The number of sulfone groups is 1. The molecule has 0 amide bonds. The molecule has 0 fully saturated rings. The first-order valence-electron chi connectivity index (χ1n) is 10.2. The molecular weight excluding hydrogens is 524 g/mol. The Balaban J connectivity index is 1.81. The SMILES string of the molecule is Cc1ccc2c(=O)n(-c3c(F)cc(CC(=O)CS(=O)(=O)c4cccs4)cc3C(F)(F)F)c(=O)[nH]c2c1. The molecule has 0 saturated heterocycles. The van der Waals surface area contributed by atoms with Gasteiger partial charge in [0.1, 0.15) is 21.5 Å². The van der Waals surface area contributed by atoms with Crippen LogP contribution in [-0.4, -0.2) is 29.5 Å². The van der Waals surface area contributed by atoms with Crippen LogP contribution in [-0.2, 0) is 27.2 Å². The maximum atomic E-state index is 15.1. The standard InChI is InChI=1S/C23H16F4N2O5S2/c1-12-4-5-15-18(7-12)28-22(32)29(21(15)31)20-16(23(25,26)27)9-13(10-17(20)24)8-14(30)11-36(33,34)19-3-2-6-35-19/h2-7,9-10H,8,11H2,1H3,(H,28,32). The van der Waals surface area contributed by atoms with Gasteiger partial charge >= 0.3 is 11.9 Å². The van der Waals surface area contributed by atoms with E-state index in [9.17, 15) is 36.0 Å². The Hall–Kier alpha value is -3.58. The van der Waals surface area contributed by atoms with Crippen LogP contribution in [0.2, 0.25) is 0 Å². The number of thiophene rings is 1. The highest BCUT2D eigenvalue weighted by atomic mass is 32.2. The molecule has 0 bridgehead atoms. The molecule has 4 aromatic rings. The van der Waals surface area contributed by atoms with Gasteiger partial charge in [-0.15, -0.1) is 11.3 Å². The van der Waals surface area contributed by atoms with E-state index in [0.29, 0.717) is 17.7 Å². The first-order valence-corrected chi connectivity index (χ1v) is 12.7. The molecule has 13 heteroatoms. The van der Waals surface area contributed by atoms with Crippen molar-refractivity contribution < 1.29 is 30.8 Å². The van der Waals surface area contributed by atoms with E-state index in [4.69, 9.17) is 0 Å². The molecule has 2 aromatic heterocycles. The van der Waals surface area contributed by atoms with E-state index >= 15 is 4.39 Å². The molecule has 2 heterocycles. The fourth-order valence-electron chi connectivity index (χ4n) is 3.74. The number of carbonyl (C=O) groups is 1. The van der Waals surface area contributed by atoms with Crippen molar-refractivity contribution in [1.82, 2.24) is 9.55 Å². The third-order valence-electron chi connectivity index (χ3n) is 5.26. The van der Waals surface area contributed by atoms with Gasteiger partial charge in [0.2, 0.25) is 0 Å². The second kappa shape index (κ2) is 9.13. The molecule has 0 aliphatic carbocycles. The third kappa shape index (κ3) is 4.88. The molecule has 36 heavy (non-hydrogen) atoms. The van der Waals surface area contributed by atoms with Crippen LogP contribution in [0.4, 0.5) is 17.6 Å². The maximum absolute atomic E-state index is 15.1. The smallest absolute Gasteiger partial charge is 0.306 e. The minimum atomic E-state index is -5.22. The highest BCUT2D eigenvalue weighted by Crippen LogP contribution is 2.35. The Bertz CT molecular complexity index is 1720. The van der Waals surface area contributed by atoms with E-state index in [0.717, 1.165) is 11.3 Å². The Kier molecular flexibility index (Phi) is 6.47. The summed E-state index contributed by atoms with van der Waals surface area (Å²) in [5.74, 6) is -3.52. The van der Waals surface area contributed by atoms with Crippen molar-refractivity contribution in [2.75, 3.05) is 5.75 Å². The lowest BCUT2D eigenvalue weighted by molar-refractivity contribution is -0.137. The Morgan fingerprint density at radius 3 is 2.47 bits per heavy atom. The van der Waals surface area contributed by atoms with E-state index in [1.165, 1.54) is 35.7 Å². The molecule has 2 aromatic carbocycles. The molecule has 7 nitrogen and oxygen atoms in total. The second-order valence-corrected chi connectivity index (χ2v) is 11.2. The average Bonchev–Trinajstić information content (AvgIpc) is 3.29. The van der Waals surface area contributed by atoms with Gasteiger partial charge in [-0.1, -0.05) is 12.1 Å². The van der Waals surface area contributed by atoms with Crippen molar-refractivity contribution in [3.63, 3.8) is 0 Å². The highest BCUT2D eigenvalue weighted by molar-refractivity contribution is 7.94. The molecule has 0 saturated carbocycles. The lowest BCUT2D eigenvalue weighted by Gasteiger charge is -2.17. The summed E-state index contributed by atoms with van der Waals surface area (Å²) < 4.78 is 81.5. The molecule has 0 aliphatic rings. The number of halogens is 4. The number of aryl methyl sites for hydroxylation is 1. The number of ketones is 1. The van der Waals surface area contributed by atoms with Crippen molar-refractivity contribution >= 4 is 37.9 Å². The molecule has 4 rings (SSSR count). The highest BCUT2D eigenvalue weighted by Gasteiger charge is 2.37. The summed E-state index contributed by atoms with van der Waals surface area (Å²) in [6, 6.07) is 8.00. The number of nitrogens with zero attached hydrogens (tertiary/aromatic N) is 1. The van der Waals surface area contributed by atoms with Crippen LogP contribution in [0.15, 0.2) is 61.6 Å². The maximum Gasteiger partial charge on any atom is 0.418 e. The van der Waals surface area contributed by atoms with Crippen LogP contribution >= 0.6 is 11.3 Å². The zero-order valence-electron chi connectivity index (χ0n) is 18.3. The van der Waals surface area contributed by atoms with Gasteiger partial charge in [0.25, 0.3) is 5.56 Å². The zero-order chi connectivity index (χ0) is 26.4. The third-order valence-corrected chi connectivity index (χ3v) is 8.42. The zero-order valence-corrected chi connectivity index (χ0v) is 20.0. The molecule has 0 radical (unpaired) electrons. The lowest BCUT2D eigenvalue weighted by Crippen LogP contribution is -2.36. The summed E-state index contributed by atoms with van der Waals surface area (Å²) in [4.78, 5) is 40.1. The minimum Gasteiger partial charge on any atom is -0.306 e. The van der Waals surface area contributed by atoms with Gasteiger partial charge < -0.3 is 4.98 Å². The number of H-pyrrole nitrogens is 1. The van der Waals surface area contributed by atoms with Crippen LogP contribution in [0.5, 0.6) is 0 Å². The van der Waals surface area contributed by atoms with E-state index in [1.54, 1.807) is 6.92 Å². The minimum absolute atomic E-state index is 0.0582. The van der Waals surface area contributed by atoms with Crippen molar-refractivity contribution in [3.8, 4) is 5.69 Å². The van der Waals surface area contributed by atoms with E-state index < -0.39 is 67.9 Å². The van der Waals surface area contributed by atoms with Crippen LogP contribution < -0.4 is 11.2 Å². The van der Waals surface area contributed by atoms with E-state index in [-0.39, 0.29) is 19.7 Å². The van der Waals surface area contributed by atoms with Crippen LogP contribution in [0, 0.1) is 12.7 Å². The normalized spacial score (nSPS) is 12.2. The Morgan fingerprint density at radius 1 is 1.11 bits per heavy atom. The first kappa shape index (κ1) is 25.5. The number of hydrogen-bond donors (Lipinski definition) is 1. The molecule has 0 aliphatic heterocycles. The monoisotopic (exact) mass is 540 g/mol. The molecule has 188 valence electrons. The summed E-state index contributed by atoms with van der Waals surface area (Å²) in [5, 5.41) is 1.35. The van der Waals surface area contributed by atoms with Gasteiger partial charge in [0.15, 0.2) is 15.6 Å². The largest absolute Gasteiger partial charge is 0.418 e. The number of nitrogens with one attached hydrogen (secondary N) is 1. The predicted octanol–water partition coefficient (Wildman–Crippen LogP) is 3.79. The average molecular weight is 541 g/mol. The van der Waals surface area contributed by atoms with Crippen molar-refractivity contribution in [3.05, 3.63) is 91.2 Å². The quantitative estimate of drug-likeness (QED) is 0.375. The summed E-state index contributed by atoms with van der Waals surface area (Å²) in [6.45, 7) is 1.68. The van der Waals surface area contributed by atoms with Crippen LogP contribution in [0.25, 0.3) is 16.6 Å². The fraction of sp³-hybridized carbons (Fsp3) is 0.174. The number of benzene rings is 2. The van der Waals surface area contributed by atoms with Gasteiger partial charge in [-0.05, 0) is 53.8 Å². The van der Waals surface area contributed by atoms with Gasteiger partial charge in [0, 0.05) is 6.42 Å². The van der Waals surface area contributed by atoms with Crippen molar-refractivity contribution in [2.24, 2.45) is 0 Å². The number of hydrogen-bond acceptors (Lipinski definition) is 6. The van der Waals surface area contributed by atoms with Crippen molar-refractivity contribution in [1.29, 1.82) is 0 Å². The molecule has 0 atom stereocenters. The first-order chi connectivity index (χ1) is 16.8. The molecule has 0 spiro atoms. The number of carbonyl (C=O) groups excluding carboxylic acids is 1. The molecule has 1 N–H and O–H groups in total. The number of aromatic amines is 1. The number of Topliss-reactive ketones (excluding diaryl/α,β-unsaturated/α-hetero) is 1. The Labute approximate surface area is 204 Å². The summed E-state index contributed by atoms with van der Waals surface area (Å²) in [5.41, 5.74) is -5.14. The molecular formula is C23H16F4N2O5S2. The Morgan fingerprint density at radius 2 is 1.83 bits per heavy atom. The van der Waals surface area contributed by atoms with Gasteiger partial charge in [0.05, 0.1) is 16.5 Å². The second-order valence-electron chi connectivity index (χ2n) is 8.00. The predicted molar refractivity (Wildman–Crippen MR) is 125 cm³/mol. The van der Waals surface area contributed by atoms with Crippen molar-refractivity contribution in [2.45, 2.75) is 23.7 Å². The summed E-state index contributed by atoms with van der Waals surface area (Å²) in [7, 11) is -4.01. The summed E-state index contributed by atoms with van der Waals surface area (Å²) >= 11 is 0.876. The van der Waals surface area contributed by atoms with Gasteiger partial charge in [-0.2, -0.15) is 13.2 Å². The molecule has 0 unspecified atom stereocenters. The lowest BCUT2D eigenvalue weighted by atomic mass is 10.0. The van der Waals surface area contributed by atoms with E-state index in [2.05, 4.69) is 4.98 Å². The number of rotatable bonds is 6.